The number of benzene rings is 1. The van der Waals surface area contributed by atoms with Crippen molar-refractivity contribution in [3.63, 3.8) is 0 Å². The number of thiazole rings is 1. The van der Waals surface area contributed by atoms with E-state index in [0.29, 0.717) is 12.5 Å². The smallest absolute Gasteiger partial charge is 0.123 e. The number of nitrogens with two attached hydrogens (primary N) is 1. The van der Waals surface area contributed by atoms with Crippen molar-refractivity contribution in [1.29, 1.82) is 0 Å². The molecule has 0 saturated heterocycles. The van der Waals surface area contributed by atoms with Crippen LogP contribution in [0.5, 0.6) is 0 Å². The summed E-state index contributed by atoms with van der Waals surface area (Å²) in [4.78, 5) is 4.72. The van der Waals surface area contributed by atoms with Gasteiger partial charge in [-0.15, -0.1) is 11.3 Å². The summed E-state index contributed by atoms with van der Waals surface area (Å²) in [5.74, 6) is 0.335. The molecule has 2 rings (SSSR count). The summed E-state index contributed by atoms with van der Waals surface area (Å²) in [5.41, 5.74) is 12.1. The van der Waals surface area contributed by atoms with E-state index in [1.54, 1.807) is 11.3 Å². The Hall–Kier alpha value is -1.19. The van der Waals surface area contributed by atoms with Crippen molar-refractivity contribution < 1.29 is 0 Å². The number of hydrogen-bond donors (Lipinski definition) is 1. The van der Waals surface area contributed by atoms with Crippen LogP contribution < -0.4 is 5.73 Å². The predicted molar refractivity (Wildman–Crippen MR) is 79.2 cm³/mol. The van der Waals surface area contributed by atoms with E-state index < -0.39 is 0 Å². The zero-order chi connectivity index (χ0) is 13.3. The third kappa shape index (κ3) is 2.33. The van der Waals surface area contributed by atoms with E-state index in [1.165, 1.54) is 22.3 Å². The van der Waals surface area contributed by atoms with Gasteiger partial charge in [0.15, 0.2) is 0 Å². The van der Waals surface area contributed by atoms with Gasteiger partial charge in [0.1, 0.15) is 5.01 Å². The molecule has 0 amide bonds. The van der Waals surface area contributed by atoms with Crippen LogP contribution in [-0.2, 0) is 0 Å². The Morgan fingerprint density at radius 3 is 2.61 bits per heavy atom. The summed E-state index contributed by atoms with van der Waals surface area (Å²) in [6.45, 7) is 9.26. The van der Waals surface area contributed by atoms with Crippen LogP contribution in [0.25, 0.3) is 10.6 Å². The fraction of sp³-hybridized carbons (Fsp3) is 0.400. The molecule has 1 heterocycles. The Morgan fingerprint density at radius 2 is 1.94 bits per heavy atom. The number of aromatic nitrogens is 1. The average molecular weight is 260 g/mol. The van der Waals surface area contributed by atoms with Crippen molar-refractivity contribution in [3.8, 4) is 10.6 Å². The van der Waals surface area contributed by atoms with Crippen LogP contribution >= 0.6 is 11.3 Å². The number of hydrogen-bond acceptors (Lipinski definition) is 3. The van der Waals surface area contributed by atoms with Gasteiger partial charge in [-0.25, -0.2) is 4.98 Å². The molecule has 0 aliphatic carbocycles. The molecular weight excluding hydrogens is 240 g/mol. The third-order valence-corrected chi connectivity index (χ3v) is 4.56. The fourth-order valence-corrected chi connectivity index (χ4v) is 2.97. The maximum Gasteiger partial charge on any atom is 0.123 e. The highest BCUT2D eigenvalue weighted by molar-refractivity contribution is 7.13. The minimum absolute atomic E-state index is 0.335. The normalized spacial score (nSPS) is 12.7. The lowest BCUT2D eigenvalue weighted by molar-refractivity contribution is 0.752. The van der Waals surface area contributed by atoms with Crippen molar-refractivity contribution in [2.75, 3.05) is 6.54 Å². The summed E-state index contributed by atoms with van der Waals surface area (Å²) in [6.07, 6.45) is 0. The van der Waals surface area contributed by atoms with E-state index in [0.717, 1.165) is 10.7 Å². The van der Waals surface area contributed by atoms with E-state index in [-0.39, 0.29) is 0 Å². The van der Waals surface area contributed by atoms with E-state index >= 15 is 0 Å². The molecule has 0 radical (unpaired) electrons. The van der Waals surface area contributed by atoms with Gasteiger partial charge in [-0.1, -0.05) is 19.1 Å². The average Bonchev–Trinajstić information content (AvgIpc) is 2.84. The topological polar surface area (TPSA) is 38.9 Å². The molecule has 0 aliphatic heterocycles. The molecule has 1 atom stereocenters. The number of rotatable bonds is 3. The van der Waals surface area contributed by atoms with E-state index in [9.17, 15) is 0 Å². The summed E-state index contributed by atoms with van der Waals surface area (Å²) in [7, 11) is 0. The molecule has 1 unspecified atom stereocenters. The second kappa shape index (κ2) is 5.21. The molecule has 0 spiro atoms. The minimum Gasteiger partial charge on any atom is -0.330 e. The monoisotopic (exact) mass is 260 g/mol. The zero-order valence-electron chi connectivity index (χ0n) is 11.4. The maximum atomic E-state index is 5.69. The van der Waals surface area contributed by atoms with Crippen molar-refractivity contribution in [1.82, 2.24) is 4.98 Å². The van der Waals surface area contributed by atoms with Gasteiger partial charge in [-0.05, 0) is 37.5 Å². The van der Waals surface area contributed by atoms with Crippen molar-refractivity contribution >= 4 is 11.3 Å². The molecule has 3 heteroatoms. The van der Waals surface area contributed by atoms with Gasteiger partial charge in [-0.3, -0.25) is 0 Å². The molecule has 0 saturated carbocycles. The first-order chi connectivity index (χ1) is 8.54. The van der Waals surface area contributed by atoms with Crippen LogP contribution in [0.15, 0.2) is 17.5 Å². The Balaban J connectivity index is 2.43. The molecule has 2 aromatic rings. The Morgan fingerprint density at radius 1 is 1.22 bits per heavy atom. The Labute approximate surface area is 113 Å². The van der Waals surface area contributed by atoms with Gasteiger partial charge in [0.05, 0.1) is 5.69 Å². The van der Waals surface area contributed by atoms with Crippen molar-refractivity contribution in [3.05, 3.63) is 39.9 Å². The highest BCUT2D eigenvalue weighted by Crippen LogP contribution is 2.31. The quantitative estimate of drug-likeness (QED) is 0.911. The highest BCUT2D eigenvalue weighted by Gasteiger charge is 2.12. The standard InChI is InChI=1S/C15H20N2S/c1-9-5-6-13(12(4)11(9)3)15-17-14(8-18-15)10(2)7-16/h5-6,8,10H,7,16H2,1-4H3. The van der Waals surface area contributed by atoms with E-state index in [1.807, 2.05) is 0 Å². The predicted octanol–water partition coefficient (Wildman–Crippen LogP) is 3.80. The molecule has 96 valence electrons. The highest BCUT2D eigenvalue weighted by atomic mass is 32.1. The second-order valence-electron chi connectivity index (χ2n) is 4.89. The van der Waals surface area contributed by atoms with Crippen LogP contribution in [0.3, 0.4) is 0 Å². The summed E-state index contributed by atoms with van der Waals surface area (Å²) in [5, 5.41) is 3.23. The van der Waals surface area contributed by atoms with Gasteiger partial charge in [0, 0.05) is 23.4 Å². The van der Waals surface area contributed by atoms with Gasteiger partial charge < -0.3 is 5.73 Å². The zero-order valence-corrected chi connectivity index (χ0v) is 12.3. The van der Waals surface area contributed by atoms with Crippen LogP contribution in [0.2, 0.25) is 0 Å². The summed E-state index contributed by atoms with van der Waals surface area (Å²) in [6, 6.07) is 4.35. The van der Waals surface area contributed by atoms with Gasteiger partial charge in [0.25, 0.3) is 0 Å². The molecule has 1 aromatic heterocycles. The molecule has 18 heavy (non-hydrogen) atoms. The number of aryl methyl sites for hydroxylation is 1. The van der Waals surface area contributed by atoms with E-state index in [4.69, 9.17) is 10.7 Å². The largest absolute Gasteiger partial charge is 0.330 e. The molecular formula is C15H20N2S. The Kier molecular flexibility index (Phi) is 3.83. The van der Waals surface area contributed by atoms with Crippen molar-refractivity contribution in [2.24, 2.45) is 5.73 Å². The van der Waals surface area contributed by atoms with Crippen LogP contribution in [0.4, 0.5) is 0 Å². The first-order valence-corrected chi connectivity index (χ1v) is 7.15. The maximum absolute atomic E-state index is 5.69. The van der Waals surface area contributed by atoms with Gasteiger partial charge in [0.2, 0.25) is 0 Å². The SMILES string of the molecule is Cc1ccc(-c2nc(C(C)CN)cs2)c(C)c1C. The number of nitrogens with zero attached hydrogens (tertiary/aromatic N) is 1. The summed E-state index contributed by atoms with van der Waals surface area (Å²) >= 11 is 1.71. The first-order valence-electron chi connectivity index (χ1n) is 6.27. The lowest BCUT2D eigenvalue weighted by Crippen LogP contribution is -2.08. The molecule has 2 nitrogen and oxygen atoms in total. The second-order valence-corrected chi connectivity index (χ2v) is 5.75. The third-order valence-electron chi connectivity index (χ3n) is 3.67. The fourth-order valence-electron chi connectivity index (χ4n) is 1.94. The first kappa shape index (κ1) is 13.2. The molecule has 2 N–H and O–H groups in total. The van der Waals surface area contributed by atoms with Gasteiger partial charge >= 0.3 is 0 Å². The van der Waals surface area contributed by atoms with Crippen LogP contribution in [-0.4, -0.2) is 11.5 Å². The minimum atomic E-state index is 0.335. The molecule has 0 bridgehead atoms. The van der Waals surface area contributed by atoms with Crippen LogP contribution in [0.1, 0.15) is 35.2 Å². The van der Waals surface area contributed by atoms with Crippen LogP contribution in [0, 0.1) is 20.8 Å². The molecule has 0 aliphatic rings. The lowest BCUT2D eigenvalue weighted by Gasteiger charge is -2.09. The van der Waals surface area contributed by atoms with Crippen molar-refractivity contribution in [2.45, 2.75) is 33.6 Å². The molecule has 0 fully saturated rings. The Bertz CT molecular complexity index is 558. The lowest BCUT2D eigenvalue weighted by atomic mass is 9.99. The summed E-state index contributed by atoms with van der Waals surface area (Å²) < 4.78 is 0. The molecule has 1 aromatic carbocycles. The van der Waals surface area contributed by atoms with Gasteiger partial charge in [-0.2, -0.15) is 0 Å². The van der Waals surface area contributed by atoms with E-state index in [2.05, 4.69) is 45.2 Å².